The summed E-state index contributed by atoms with van der Waals surface area (Å²) >= 11 is 0. The van der Waals surface area contributed by atoms with E-state index >= 15 is 0 Å². The minimum atomic E-state index is -0.0683. The molecule has 0 saturated carbocycles. The topological polar surface area (TPSA) is 54.0 Å². The highest BCUT2D eigenvalue weighted by molar-refractivity contribution is 5.99. The Morgan fingerprint density at radius 2 is 2.38 bits per heavy atom. The normalized spacial score (nSPS) is 14.0. The predicted octanol–water partition coefficient (Wildman–Crippen LogP) is 1.09. The number of carbonyl (C=O) groups is 1. The summed E-state index contributed by atoms with van der Waals surface area (Å²) in [6, 6.07) is 3.72. The molecule has 4 heteroatoms. The van der Waals surface area contributed by atoms with Crippen molar-refractivity contribution in [3.63, 3.8) is 0 Å². The summed E-state index contributed by atoms with van der Waals surface area (Å²) in [5, 5.41) is 5.63. The first-order valence-electron chi connectivity index (χ1n) is 3.97. The molecule has 0 aliphatic carbocycles. The number of hydrogen-bond acceptors (Lipinski definition) is 3. The third-order valence-electron chi connectivity index (χ3n) is 1.82. The Morgan fingerprint density at radius 3 is 3.15 bits per heavy atom. The van der Waals surface area contributed by atoms with Crippen molar-refractivity contribution in [2.75, 3.05) is 17.2 Å². The Labute approximate surface area is 75.7 Å². The average Bonchev–Trinajstić information content (AvgIpc) is 2.16. The molecule has 1 aromatic rings. The number of aromatic nitrogens is 1. The largest absolute Gasteiger partial charge is 0.373 e. The van der Waals surface area contributed by atoms with Crippen LogP contribution in [0.15, 0.2) is 18.7 Å². The maximum atomic E-state index is 11.0. The summed E-state index contributed by atoms with van der Waals surface area (Å²) in [6.45, 7) is 3.91. The van der Waals surface area contributed by atoms with Gasteiger partial charge in [0.25, 0.3) is 0 Å². The van der Waals surface area contributed by atoms with Crippen LogP contribution in [0.3, 0.4) is 0 Å². The van der Waals surface area contributed by atoms with Gasteiger partial charge >= 0.3 is 0 Å². The van der Waals surface area contributed by atoms with Crippen LogP contribution in [0, 0.1) is 0 Å². The van der Waals surface area contributed by atoms with Crippen molar-refractivity contribution >= 4 is 23.5 Å². The van der Waals surface area contributed by atoms with E-state index in [2.05, 4.69) is 22.2 Å². The van der Waals surface area contributed by atoms with E-state index in [1.807, 2.05) is 12.1 Å². The van der Waals surface area contributed by atoms with Crippen molar-refractivity contribution < 1.29 is 4.79 Å². The second kappa shape index (κ2) is 2.90. The lowest BCUT2D eigenvalue weighted by molar-refractivity contribution is -0.114. The van der Waals surface area contributed by atoms with Gasteiger partial charge in [0.05, 0.1) is 17.9 Å². The second-order valence-corrected chi connectivity index (χ2v) is 2.74. The molecule has 1 aromatic heterocycles. The van der Waals surface area contributed by atoms with Crippen LogP contribution in [0.1, 0.15) is 5.69 Å². The van der Waals surface area contributed by atoms with E-state index in [-0.39, 0.29) is 5.91 Å². The lowest BCUT2D eigenvalue weighted by Crippen LogP contribution is -2.28. The van der Waals surface area contributed by atoms with Crippen molar-refractivity contribution in [1.29, 1.82) is 0 Å². The number of carbonyl (C=O) groups excluding carboxylic acids is 1. The number of amides is 1. The van der Waals surface area contributed by atoms with Gasteiger partial charge in [0.15, 0.2) is 5.82 Å². The number of fused-ring (bicyclic) bond motifs is 1. The Bertz CT molecular complexity index is 373. The van der Waals surface area contributed by atoms with Crippen LogP contribution in [0.5, 0.6) is 0 Å². The molecule has 2 heterocycles. The van der Waals surface area contributed by atoms with E-state index in [0.717, 1.165) is 11.4 Å². The molecule has 13 heavy (non-hydrogen) atoms. The average molecular weight is 175 g/mol. The van der Waals surface area contributed by atoms with Gasteiger partial charge in [-0.3, -0.25) is 4.79 Å². The number of hydrogen-bond donors (Lipinski definition) is 2. The van der Waals surface area contributed by atoms with Crippen LogP contribution >= 0.6 is 0 Å². The fourth-order valence-corrected chi connectivity index (χ4v) is 1.18. The first-order valence-corrected chi connectivity index (χ1v) is 3.97. The fraction of sp³-hybridized carbons (Fsp3) is 0.111. The SMILES string of the molecule is C=Cc1ccc2c(n1)NC(=O)CN2. The van der Waals surface area contributed by atoms with Gasteiger partial charge in [-0.1, -0.05) is 6.58 Å². The summed E-state index contributed by atoms with van der Waals surface area (Å²) in [5.74, 6) is 0.509. The van der Waals surface area contributed by atoms with Crippen LogP contribution in [-0.4, -0.2) is 17.4 Å². The molecule has 1 aliphatic rings. The highest BCUT2D eigenvalue weighted by Gasteiger charge is 2.14. The molecule has 0 unspecified atom stereocenters. The van der Waals surface area contributed by atoms with Crippen LogP contribution < -0.4 is 10.6 Å². The standard InChI is InChI=1S/C9H9N3O/c1-2-6-3-4-7-9(11-6)12-8(13)5-10-7/h2-4,10H,1,5H2,(H,11,12,13). The Hall–Kier alpha value is -1.84. The number of nitrogens with zero attached hydrogens (tertiary/aromatic N) is 1. The number of nitrogens with one attached hydrogen (secondary N) is 2. The zero-order valence-corrected chi connectivity index (χ0v) is 7.00. The van der Waals surface area contributed by atoms with Gasteiger partial charge in [-0.25, -0.2) is 4.98 Å². The maximum absolute atomic E-state index is 11.0. The third kappa shape index (κ3) is 1.38. The number of pyridine rings is 1. The summed E-state index contributed by atoms with van der Waals surface area (Å²) in [4.78, 5) is 15.2. The highest BCUT2D eigenvalue weighted by atomic mass is 16.2. The van der Waals surface area contributed by atoms with Gasteiger partial charge in [-0.2, -0.15) is 0 Å². The van der Waals surface area contributed by atoms with Crippen molar-refractivity contribution in [2.45, 2.75) is 0 Å². The van der Waals surface area contributed by atoms with Crippen LogP contribution in [0.2, 0.25) is 0 Å². The lowest BCUT2D eigenvalue weighted by Gasteiger charge is -2.17. The van der Waals surface area contributed by atoms with Gasteiger partial charge in [0.1, 0.15) is 0 Å². The van der Waals surface area contributed by atoms with Crippen molar-refractivity contribution in [3.8, 4) is 0 Å². The van der Waals surface area contributed by atoms with Crippen LogP contribution in [-0.2, 0) is 4.79 Å². The van der Waals surface area contributed by atoms with E-state index in [9.17, 15) is 4.79 Å². The molecular formula is C9H9N3O. The quantitative estimate of drug-likeness (QED) is 0.671. The zero-order valence-electron chi connectivity index (χ0n) is 7.00. The molecule has 66 valence electrons. The first-order chi connectivity index (χ1) is 6.29. The summed E-state index contributed by atoms with van der Waals surface area (Å²) in [5.41, 5.74) is 1.60. The number of anilines is 2. The van der Waals surface area contributed by atoms with Gasteiger partial charge in [-0.05, 0) is 18.2 Å². The minimum absolute atomic E-state index is 0.0683. The summed E-state index contributed by atoms with van der Waals surface area (Å²) < 4.78 is 0. The van der Waals surface area contributed by atoms with E-state index in [0.29, 0.717) is 12.4 Å². The molecule has 2 N–H and O–H groups in total. The molecule has 0 radical (unpaired) electrons. The van der Waals surface area contributed by atoms with E-state index in [1.165, 1.54) is 0 Å². The molecule has 0 aromatic carbocycles. The van der Waals surface area contributed by atoms with Gasteiger partial charge < -0.3 is 10.6 Å². The van der Waals surface area contributed by atoms with E-state index < -0.39 is 0 Å². The summed E-state index contributed by atoms with van der Waals surface area (Å²) in [6.07, 6.45) is 1.64. The molecule has 0 atom stereocenters. The minimum Gasteiger partial charge on any atom is -0.373 e. The maximum Gasteiger partial charge on any atom is 0.244 e. The lowest BCUT2D eigenvalue weighted by atomic mass is 10.2. The zero-order chi connectivity index (χ0) is 9.26. The van der Waals surface area contributed by atoms with E-state index in [1.54, 1.807) is 6.08 Å². The molecular weight excluding hydrogens is 166 g/mol. The smallest absolute Gasteiger partial charge is 0.244 e. The Kier molecular flexibility index (Phi) is 1.73. The molecule has 0 spiro atoms. The van der Waals surface area contributed by atoms with Crippen molar-refractivity contribution in [3.05, 3.63) is 24.4 Å². The van der Waals surface area contributed by atoms with Gasteiger partial charge in [0, 0.05) is 0 Å². The first kappa shape index (κ1) is 7.79. The van der Waals surface area contributed by atoms with Gasteiger partial charge in [0.2, 0.25) is 5.91 Å². The molecule has 0 saturated heterocycles. The molecule has 0 fully saturated rings. The molecule has 4 nitrogen and oxygen atoms in total. The molecule has 1 amide bonds. The summed E-state index contributed by atoms with van der Waals surface area (Å²) in [7, 11) is 0. The van der Waals surface area contributed by atoms with E-state index in [4.69, 9.17) is 0 Å². The predicted molar refractivity (Wildman–Crippen MR) is 51.4 cm³/mol. The molecule has 0 bridgehead atoms. The van der Waals surface area contributed by atoms with Gasteiger partial charge in [-0.15, -0.1) is 0 Å². The second-order valence-electron chi connectivity index (χ2n) is 2.74. The van der Waals surface area contributed by atoms with Crippen molar-refractivity contribution in [2.24, 2.45) is 0 Å². The highest BCUT2D eigenvalue weighted by Crippen LogP contribution is 2.22. The fourth-order valence-electron chi connectivity index (χ4n) is 1.18. The monoisotopic (exact) mass is 175 g/mol. The Balaban J connectivity index is 2.43. The van der Waals surface area contributed by atoms with Crippen LogP contribution in [0.25, 0.3) is 6.08 Å². The third-order valence-corrected chi connectivity index (χ3v) is 1.82. The van der Waals surface area contributed by atoms with Crippen LogP contribution in [0.4, 0.5) is 11.5 Å². The molecule has 2 rings (SSSR count). The number of rotatable bonds is 1. The Morgan fingerprint density at radius 1 is 1.54 bits per heavy atom. The van der Waals surface area contributed by atoms with Crippen molar-refractivity contribution in [1.82, 2.24) is 4.98 Å². The molecule has 1 aliphatic heterocycles.